The first-order chi connectivity index (χ1) is 8.70. The number of halogens is 1. The number of rotatable bonds is 5. The lowest BCUT2D eigenvalue weighted by Gasteiger charge is -2.14. The zero-order valence-electron chi connectivity index (χ0n) is 9.88. The Morgan fingerprint density at radius 2 is 2.39 bits per heavy atom. The van der Waals surface area contributed by atoms with Crippen molar-refractivity contribution in [3.63, 3.8) is 0 Å². The summed E-state index contributed by atoms with van der Waals surface area (Å²) in [5.74, 6) is 6.34. The summed E-state index contributed by atoms with van der Waals surface area (Å²) in [6.45, 7) is 0. The van der Waals surface area contributed by atoms with Crippen molar-refractivity contribution in [3.05, 3.63) is 41.2 Å². The molecule has 2 aromatic rings. The number of nitrogens with zero attached hydrogens (tertiary/aromatic N) is 3. The average Bonchev–Trinajstić information content (AvgIpc) is 2.77. The molecule has 0 amide bonds. The van der Waals surface area contributed by atoms with Gasteiger partial charge in [0, 0.05) is 22.7 Å². The Kier molecular flexibility index (Phi) is 4.60. The summed E-state index contributed by atoms with van der Waals surface area (Å²) in [4.78, 5) is 1.11. The molecule has 7 heteroatoms. The van der Waals surface area contributed by atoms with E-state index in [1.807, 2.05) is 31.3 Å². The monoisotopic (exact) mass is 283 g/mol. The van der Waals surface area contributed by atoms with E-state index >= 15 is 0 Å². The largest absolute Gasteiger partial charge is 0.271 e. The summed E-state index contributed by atoms with van der Waals surface area (Å²) >= 11 is 7.62. The molecule has 0 fully saturated rings. The first-order valence-corrected chi connectivity index (χ1v) is 6.76. The molecule has 1 heterocycles. The molecule has 0 aliphatic carbocycles. The van der Waals surface area contributed by atoms with E-state index in [2.05, 4.69) is 15.7 Å². The molecule has 18 heavy (non-hydrogen) atoms. The minimum absolute atomic E-state index is 0.00557. The van der Waals surface area contributed by atoms with Gasteiger partial charge in [0.05, 0.1) is 17.9 Å². The Bertz CT molecular complexity index is 516. The number of benzene rings is 1. The molecule has 0 saturated heterocycles. The SMILES string of the molecule is Cn1nncc1C(CSc1cccc(Cl)c1)NN. The van der Waals surface area contributed by atoms with Crippen molar-refractivity contribution in [2.75, 3.05) is 5.75 Å². The first kappa shape index (κ1) is 13.4. The number of aromatic nitrogens is 3. The maximum atomic E-state index is 5.94. The molecule has 0 aliphatic heterocycles. The van der Waals surface area contributed by atoms with Gasteiger partial charge in [0.2, 0.25) is 0 Å². The summed E-state index contributed by atoms with van der Waals surface area (Å²) < 4.78 is 1.71. The molecular formula is C11H14ClN5S. The van der Waals surface area contributed by atoms with Crippen LogP contribution >= 0.6 is 23.4 Å². The number of thioether (sulfide) groups is 1. The van der Waals surface area contributed by atoms with Crippen molar-refractivity contribution in [2.24, 2.45) is 12.9 Å². The van der Waals surface area contributed by atoms with Gasteiger partial charge in [0.1, 0.15) is 0 Å². The van der Waals surface area contributed by atoms with Crippen LogP contribution in [-0.2, 0) is 7.05 Å². The molecule has 1 aromatic heterocycles. The van der Waals surface area contributed by atoms with Crippen LogP contribution in [0.4, 0.5) is 0 Å². The van der Waals surface area contributed by atoms with Gasteiger partial charge in [-0.2, -0.15) is 0 Å². The summed E-state index contributed by atoms with van der Waals surface area (Å²) in [5, 5.41) is 8.48. The van der Waals surface area contributed by atoms with Gasteiger partial charge in [0.15, 0.2) is 0 Å². The third kappa shape index (κ3) is 3.23. The molecule has 0 spiro atoms. The van der Waals surface area contributed by atoms with Crippen LogP contribution < -0.4 is 11.3 Å². The third-order valence-corrected chi connectivity index (χ3v) is 3.84. The number of hydrogen-bond acceptors (Lipinski definition) is 5. The Balaban J connectivity index is 2.02. The van der Waals surface area contributed by atoms with E-state index in [4.69, 9.17) is 17.4 Å². The summed E-state index contributed by atoms with van der Waals surface area (Å²) in [5.41, 5.74) is 3.73. The molecule has 1 atom stereocenters. The van der Waals surface area contributed by atoms with Crippen LogP contribution in [-0.4, -0.2) is 20.7 Å². The second-order valence-electron chi connectivity index (χ2n) is 3.77. The highest BCUT2D eigenvalue weighted by atomic mass is 35.5. The smallest absolute Gasteiger partial charge is 0.0775 e. The topological polar surface area (TPSA) is 68.8 Å². The Labute approximate surface area is 115 Å². The van der Waals surface area contributed by atoms with Gasteiger partial charge in [-0.15, -0.1) is 16.9 Å². The minimum Gasteiger partial charge on any atom is -0.271 e. The van der Waals surface area contributed by atoms with Gasteiger partial charge in [-0.1, -0.05) is 22.9 Å². The van der Waals surface area contributed by atoms with Gasteiger partial charge in [-0.05, 0) is 18.2 Å². The highest BCUT2D eigenvalue weighted by Gasteiger charge is 2.14. The van der Waals surface area contributed by atoms with E-state index in [-0.39, 0.29) is 6.04 Å². The van der Waals surface area contributed by atoms with E-state index in [1.54, 1.807) is 22.6 Å². The minimum atomic E-state index is -0.00557. The Hall–Kier alpha value is -1.08. The predicted molar refractivity (Wildman–Crippen MR) is 73.2 cm³/mol. The molecule has 3 N–H and O–H groups in total. The average molecular weight is 284 g/mol. The lowest BCUT2D eigenvalue weighted by atomic mass is 10.3. The van der Waals surface area contributed by atoms with Crippen LogP contribution in [0.5, 0.6) is 0 Å². The Morgan fingerprint density at radius 1 is 1.56 bits per heavy atom. The highest BCUT2D eigenvalue weighted by molar-refractivity contribution is 7.99. The van der Waals surface area contributed by atoms with Crippen molar-refractivity contribution in [1.29, 1.82) is 0 Å². The van der Waals surface area contributed by atoms with Gasteiger partial charge in [-0.3, -0.25) is 16.0 Å². The van der Waals surface area contributed by atoms with Crippen LogP contribution in [0.3, 0.4) is 0 Å². The Morgan fingerprint density at radius 3 is 3.00 bits per heavy atom. The van der Waals surface area contributed by atoms with Crippen LogP contribution in [0.15, 0.2) is 35.4 Å². The van der Waals surface area contributed by atoms with E-state index in [1.165, 1.54) is 0 Å². The van der Waals surface area contributed by atoms with Gasteiger partial charge < -0.3 is 0 Å². The molecule has 0 saturated carbocycles. The van der Waals surface area contributed by atoms with Gasteiger partial charge in [-0.25, -0.2) is 0 Å². The molecule has 0 bridgehead atoms. The lowest BCUT2D eigenvalue weighted by Crippen LogP contribution is -2.31. The van der Waals surface area contributed by atoms with Crippen LogP contribution in [0.25, 0.3) is 0 Å². The summed E-state index contributed by atoms with van der Waals surface area (Å²) in [7, 11) is 1.84. The number of nitrogens with one attached hydrogen (secondary N) is 1. The first-order valence-electron chi connectivity index (χ1n) is 5.40. The fourth-order valence-corrected chi connectivity index (χ4v) is 2.83. The second-order valence-corrected chi connectivity index (χ2v) is 5.30. The van der Waals surface area contributed by atoms with Crippen molar-refractivity contribution < 1.29 is 0 Å². The number of hydrazine groups is 1. The quantitative estimate of drug-likeness (QED) is 0.497. The zero-order valence-corrected chi connectivity index (χ0v) is 11.4. The van der Waals surface area contributed by atoms with Crippen molar-refractivity contribution in [2.45, 2.75) is 10.9 Å². The highest BCUT2D eigenvalue weighted by Crippen LogP contribution is 2.25. The zero-order chi connectivity index (χ0) is 13.0. The molecular weight excluding hydrogens is 270 g/mol. The maximum Gasteiger partial charge on any atom is 0.0775 e. The fraction of sp³-hybridized carbons (Fsp3) is 0.273. The van der Waals surface area contributed by atoms with Gasteiger partial charge >= 0.3 is 0 Å². The molecule has 2 rings (SSSR count). The lowest BCUT2D eigenvalue weighted by molar-refractivity contribution is 0.551. The number of hydrogen-bond donors (Lipinski definition) is 2. The number of aryl methyl sites for hydroxylation is 1. The van der Waals surface area contributed by atoms with Crippen molar-refractivity contribution >= 4 is 23.4 Å². The van der Waals surface area contributed by atoms with E-state index in [9.17, 15) is 0 Å². The molecule has 96 valence electrons. The maximum absolute atomic E-state index is 5.94. The second kappa shape index (κ2) is 6.19. The summed E-state index contributed by atoms with van der Waals surface area (Å²) in [6.07, 6.45) is 1.71. The molecule has 0 radical (unpaired) electrons. The molecule has 1 unspecified atom stereocenters. The van der Waals surface area contributed by atoms with E-state index in [0.29, 0.717) is 0 Å². The third-order valence-electron chi connectivity index (χ3n) is 2.52. The standard InChI is InChI=1S/C11H14ClN5S/c1-17-11(6-14-16-17)10(15-13)7-18-9-4-2-3-8(12)5-9/h2-6,10,15H,7,13H2,1H3. The van der Waals surface area contributed by atoms with E-state index < -0.39 is 0 Å². The van der Waals surface area contributed by atoms with Crippen LogP contribution in [0, 0.1) is 0 Å². The molecule has 1 aromatic carbocycles. The van der Waals surface area contributed by atoms with Crippen LogP contribution in [0.1, 0.15) is 11.7 Å². The van der Waals surface area contributed by atoms with E-state index in [0.717, 1.165) is 21.4 Å². The van der Waals surface area contributed by atoms with Crippen molar-refractivity contribution in [3.8, 4) is 0 Å². The van der Waals surface area contributed by atoms with Gasteiger partial charge in [0.25, 0.3) is 0 Å². The molecule has 0 aliphatic rings. The number of nitrogens with two attached hydrogens (primary N) is 1. The summed E-state index contributed by atoms with van der Waals surface area (Å²) in [6, 6.07) is 7.73. The fourth-order valence-electron chi connectivity index (χ4n) is 1.57. The van der Waals surface area contributed by atoms with Crippen LogP contribution in [0.2, 0.25) is 5.02 Å². The normalized spacial score (nSPS) is 12.6. The predicted octanol–water partition coefficient (Wildman–Crippen LogP) is 1.77. The van der Waals surface area contributed by atoms with Crippen molar-refractivity contribution in [1.82, 2.24) is 20.4 Å². The molecule has 5 nitrogen and oxygen atoms in total.